The van der Waals surface area contributed by atoms with Gasteiger partial charge in [0.15, 0.2) is 0 Å². The van der Waals surface area contributed by atoms with Crippen molar-refractivity contribution in [2.75, 3.05) is 0 Å². The molecule has 0 amide bonds. The Morgan fingerprint density at radius 3 is 2.39 bits per heavy atom. The van der Waals surface area contributed by atoms with Crippen molar-refractivity contribution >= 4 is 5.78 Å². The molecule has 0 aliphatic heterocycles. The van der Waals surface area contributed by atoms with Gasteiger partial charge in [0.1, 0.15) is 5.78 Å². The number of Topliss-reactive ketones (excluding diaryl/α,β-unsaturated/α-hetero) is 1. The fourth-order valence-corrected chi connectivity index (χ4v) is 2.99. The van der Waals surface area contributed by atoms with Crippen LogP contribution in [0.25, 0.3) is 0 Å². The molecule has 0 heterocycles. The summed E-state index contributed by atoms with van der Waals surface area (Å²) >= 11 is 0. The molecule has 2 rings (SSSR count). The summed E-state index contributed by atoms with van der Waals surface area (Å²) in [4.78, 5) is 12.7. The molecule has 1 aromatic rings. The molecule has 0 radical (unpaired) electrons. The molecule has 1 fully saturated rings. The van der Waals surface area contributed by atoms with Crippen molar-refractivity contribution in [2.24, 2.45) is 0 Å². The van der Waals surface area contributed by atoms with Gasteiger partial charge in [0.2, 0.25) is 0 Å². The van der Waals surface area contributed by atoms with E-state index in [1.165, 1.54) is 18.4 Å². The van der Waals surface area contributed by atoms with E-state index in [4.69, 9.17) is 0 Å². The average molecular weight is 242 g/mol. The molecule has 0 unspecified atom stereocenters. The van der Waals surface area contributed by atoms with Crippen LogP contribution in [0.4, 0.5) is 0 Å². The molecule has 0 bridgehead atoms. The van der Waals surface area contributed by atoms with Gasteiger partial charge < -0.3 is 0 Å². The summed E-state index contributed by atoms with van der Waals surface area (Å²) in [6.45, 7) is 6.06. The van der Waals surface area contributed by atoms with E-state index < -0.39 is 0 Å². The van der Waals surface area contributed by atoms with Gasteiger partial charge in [-0.15, -0.1) is 0 Å². The van der Waals surface area contributed by atoms with Gasteiger partial charge in [0, 0.05) is 6.42 Å². The normalized spacial score (nSPS) is 17.6. The summed E-state index contributed by atoms with van der Waals surface area (Å²) in [6, 6.07) is 10.3. The first-order chi connectivity index (χ1) is 8.69. The summed E-state index contributed by atoms with van der Waals surface area (Å²) in [5.74, 6) is 0.373. The van der Waals surface area contributed by atoms with Gasteiger partial charge in [-0.1, -0.05) is 62.2 Å². The Labute approximate surface area is 110 Å². The predicted molar refractivity (Wildman–Crippen MR) is 75.6 cm³/mol. The molecule has 0 atom stereocenters. The summed E-state index contributed by atoms with van der Waals surface area (Å²) in [7, 11) is 0. The zero-order valence-corrected chi connectivity index (χ0v) is 11.2. The van der Waals surface area contributed by atoms with Gasteiger partial charge in [-0.05, 0) is 24.8 Å². The molecule has 1 heteroatoms. The zero-order chi connectivity index (χ0) is 13.0. The van der Waals surface area contributed by atoms with Crippen molar-refractivity contribution in [2.45, 2.75) is 50.9 Å². The highest BCUT2D eigenvalue weighted by Crippen LogP contribution is 2.43. The topological polar surface area (TPSA) is 17.1 Å². The second-order valence-corrected chi connectivity index (χ2v) is 5.36. The Morgan fingerprint density at radius 1 is 1.22 bits per heavy atom. The highest BCUT2D eigenvalue weighted by atomic mass is 16.1. The minimum Gasteiger partial charge on any atom is -0.298 e. The third kappa shape index (κ3) is 2.40. The molecule has 0 N–H and O–H groups in total. The van der Waals surface area contributed by atoms with Crippen LogP contribution in [0.2, 0.25) is 0 Å². The third-order valence-corrected chi connectivity index (χ3v) is 4.23. The molecule has 1 aliphatic rings. The monoisotopic (exact) mass is 242 g/mol. The standard InChI is InChI=1S/C17H22O/c1-3-14(2)13-16(18)17(11-7-8-12-17)15-9-5-4-6-10-15/h4-6,9-10H,2-3,7-8,11-13H2,1H3. The Hall–Kier alpha value is -1.37. The van der Waals surface area contributed by atoms with Crippen LogP contribution in [0, 0.1) is 0 Å². The number of hydrogen-bond donors (Lipinski definition) is 0. The summed E-state index contributed by atoms with van der Waals surface area (Å²) in [6.07, 6.45) is 5.79. The maximum absolute atomic E-state index is 12.7. The van der Waals surface area contributed by atoms with E-state index in [0.29, 0.717) is 12.2 Å². The van der Waals surface area contributed by atoms with Crippen molar-refractivity contribution in [1.29, 1.82) is 0 Å². The van der Waals surface area contributed by atoms with Crippen molar-refractivity contribution < 1.29 is 4.79 Å². The predicted octanol–water partition coefficient (Wildman–Crippen LogP) is 4.42. The maximum atomic E-state index is 12.7. The SMILES string of the molecule is C=C(CC)CC(=O)C1(c2ccccc2)CCCC1. The molecule has 0 spiro atoms. The van der Waals surface area contributed by atoms with E-state index in [0.717, 1.165) is 24.8 Å². The molecule has 96 valence electrons. The van der Waals surface area contributed by atoms with Crippen LogP contribution < -0.4 is 0 Å². The van der Waals surface area contributed by atoms with E-state index in [1.54, 1.807) is 0 Å². The lowest BCUT2D eigenvalue weighted by Crippen LogP contribution is -2.33. The largest absolute Gasteiger partial charge is 0.298 e. The first-order valence-electron chi connectivity index (χ1n) is 6.94. The van der Waals surface area contributed by atoms with E-state index >= 15 is 0 Å². The second-order valence-electron chi connectivity index (χ2n) is 5.36. The Balaban J connectivity index is 2.28. The molecule has 1 saturated carbocycles. The maximum Gasteiger partial charge on any atom is 0.147 e. The van der Waals surface area contributed by atoms with E-state index in [9.17, 15) is 4.79 Å². The number of hydrogen-bond acceptors (Lipinski definition) is 1. The highest BCUT2D eigenvalue weighted by Gasteiger charge is 2.41. The van der Waals surface area contributed by atoms with Crippen molar-refractivity contribution in [3.63, 3.8) is 0 Å². The van der Waals surface area contributed by atoms with E-state index in [-0.39, 0.29) is 5.41 Å². The van der Waals surface area contributed by atoms with Gasteiger partial charge in [-0.3, -0.25) is 4.79 Å². The average Bonchev–Trinajstić information content (AvgIpc) is 2.90. The molecule has 1 aliphatic carbocycles. The van der Waals surface area contributed by atoms with Crippen LogP contribution in [-0.2, 0) is 10.2 Å². The summed E-state index contributed by atoms with van der Waals surface area (Å²) < 4.78 is 0. The van der Waals surface area contributed by atoms with Crippen LogP contribution >= 0.6 is 0 Å². The molecule has 18 heavy (non-hydrogen) atoms. The number of allylic oxidation sites excluding steroid dienone is 1. The van der Waals surface area contributed by atoms with Crippen molar-refractivity contribution in [1.82, 2.24) is 0 Å². The van der Waals surface area contributed by atoms with Gasteiger partial charge in [0.25, 0.3) is 0 Å². The van der Waals surface area contributed by atoms with Crippen LogP contribution in [0.1, 0.15) is 51.0 Å². The minimum absolute atomic E-state index is 0.223. The van der Waals surface area contributed by atoms with E-state index in [2.05, 4.69) is 25.6 Å². The van der Waals surface area contributed by atoms with Crippen LogP contribution in [0.5, 0.6) is 0 Å². The summed E-state index contributed by atoms with van der Waals surface area (Å²) in [5, 5.41) is 0. The number of rotatable bonds is 5. The molecule has 1 aromatic carbocycles. The van der Waals surface area contributed by atoms with Gasteiger partial charge in [0.05, 0.1) is 5.41 Å². The Morgan fingerprint density at radius 2 is 1.83 bits per heavy atom. The molecule has 0 saturated heterocycles. The number of carbonyl (C=O) groups is 1. The molecule has 0 aromatic heterocycles. The van der Waals surface area contributed by atoms with E-state index in [1.807, 2.05) is 18.2 Å². The number of carbonyl (C=O) groups excluding carboxylic acids is 1. The smallest absolute Gasteiger partial charge is 0.147 e. The van der Waals surface area contributed by atoms with Gasteiger partial charge >= 0.3 is 0 Å². The first-order valence-corrected chi connectivity index (χ1v) is 6.94. The fourth-order valence-electron chi connectivity index (χ4n) is 2.99. The highest BCUT2D eigenvalue weighted by molar-refractivity contribution is 5.92. The zero-order valence-electron chi connectivity index (χ0n) is 11.2. The lowest BCUT2D eigenvalue weighted by molar-refractivity contribution is -0.123. The van der Waals surface area contributed by atoms with Gasteiger partial charge in [-0.2, -0.15) is 0 Å². The van der Waals surface area contributed by atoms with Crippen molar-refractivity contribution in [3.8, 4) is 0 Å². The third-order valence-electron chi connectivity index (χ3n) is 4.23. The summed E-state index contributed by atoms with van der Waals surface area (Å²) in [5.41, 5.74) is 2.04. The first kappa shape index (κ1) is 13.1. The van der Waals surface area contributed by atoms with Gasteiger partial charge in [-0.25, -0.2) is 0 Å². The second kappa shape index (κ2) is 5.51. The molecular weight excluding hydrogens is 220 g/mol. The minimum atomic E-state index is -0.223. The Kier molecular flexibility index (Phi) is 4.00. The quantitative estimate of drug-likeness (QED) is 0.698. The molecule has 1 nitrogen and oxygen atoms in total. The fraction of sp³-hybridized carbons (Fsp3) is 0.471. The lowest BCUT2D eigenvalue weighted by Gasteiger charge is -2.28. The number of benzene rings is 1. The Bertz CT molecular complexity index is 424. The van der Waals surface area contributed by atoms with Crippen molar-refractivity contribution in [3.05, 3.63) is 48.0 Å². The van der Waals surface area contributed by atoms with Crippen LogP contribution in [0.3, 0.4) is 0 Å². The van der Waals surface area contributed by atoms with Crippen LogP contribution in [-0.4, -0.2) is 5.78 Å². The lowest BCUT2D eigenvalue weighted by atomic mass is 9.73. The van der Waals surface area contributed by atoms with Crippen LogP contribution in [0.15, 0.2) is 42.5 Å². The number of ketones is 1. The molecular formula is C17H22O.